The maximum Gasteiger partial charge on any atom is 0.251 e. The molecule has 0 aliphatic heterocycles. The number of aryl methyl sites for hydroxylation is 1. The van der Waals surface area contributed by atoms with Crippen molar-refractivity contribution in [2.75, 3.05) is 12.4 Å². The van der Waals surface area contributed by atoms with E-state index < -0.39 is 0 Å². The fraction of sp³-hybridized carbons (Fsp3) is 0.538. The minimum Gasteiger partial charge on any atom is -0.373 e. The summed E-state index contributed by atoms with van der Waals surface area (Å²) in [6.07, 6.45) is 0. The van der Waals surface area contributed by atoms with Gasteiger partial charge in [0.25, 0.3) is 5.91 Å². The lowest BCUT2D eigenvalue weighted by molar-refractivity contribution is 0.0930. The molecule has 1 aromatic rings. The van der Waals surface area contributed by atoms with E-state index in [0.29, 0.717) is 17.3 Å². The molecule has 2 N–H and O–H groups in total. The Labute approximate surface area is 103 Å². The maximum atomic E-state index is 12.0. The van der Waals surface area contributed by atoms with E-state index >= 15 is 0 Å². The number of rotatable bonds is 4. The van der Waals surface area contributed by atoms with Crippen LogP contribution in [-0.4, -0.2) is 24.0 Å². The standard InChI is InChI=1S/C13H21N3O/c1-8(2)10(4)16-13(17)11-6-9(3)15-12(7-11)14-5/h6-8,10H,1-5H3,(H,14,15)(H,16,17). The summed E-state index contributed by atoms with van der Waals surface area (Å²) in [5.41, 5.74) is 1.48. The van der Waals surface area contributed by atoms with Gasteiger partial charge in [-0.25, -0.2) is 4.98 Å². The van der Waals surface area contributed by atoms with Crippen LogP contribution < -0.4 is 10.6 Å². The molecule has 17 heavy (non-hydrogen) atoms. The Morgan fingerprint density at radius 3 is 2.47 bits per heavy atom. The Morgan fingerprint density at radius 1 is 1.29 bits per heavy atom. The number of nitrogens with one attached hydrogen (secondary N) is 2. The average molecular weight is 235 g/mol. The summed E-state index contributed by atoms with van der Waals surface area (Å²) in [5.74, 6) is 1.09. The zero-order valence-electron chi connectivity index (χ0n) is 11.2. The van der Waals surface area contributed by atoms with Crippen molar-refractivity contribution in [3.8, 4) is 0 Å². The molecule has 1 aromatic heterocycles. The Balaban J connectivity index is 2.85. The zero-order chi connectivity index (χ0) is 13.0. The number of hydrogen-bond donors (Lipinski definition) is 2. The number of carbonyl (C=O) groups is 1. The summed E-state index contributed by atoms with van der Waals surface area (Å²) in [6.45, 7) is 8.06. The molecule has 0 aromatic carbocycles. The quantitative estimate of drug-likeness (QED) is 0.841. The Kier molecular flexibility index (Phi) is 4.49. The predicted molar refractivity (Wildman–Crippen MR) is 70.3 cm³/mol. The van der Waals surface area contributed by atoms with Gasteiger partial charge in [-0.05, 0) is 31.9 Å². The second-order valence-electron chi connectivity index (χ2n) is 4.64. The normalized spacial score (nSPS) is 12.4. The van der Waals surface area contributed by atoms with E-state index in [2.05, 4.69) is 29.5 Å². The van der Waals surface area contributed by atoms with E-state index in [1.165, 1.54) is 0 Å². The minimum absolute atomic E-state index is 0.0480. The molecule has 1 atom stereocenters. The van der Waals surface area contributed by atoms with E-state index in [0.717, 1.165) is 5.69 Å². The lowest BCUT2D eigenvalue weighted by atomic mass is 10.1. The van der Waals surface area contributed by atoms with Gasteiger partial charge in [-0.3, -0.25) is 4.79 Å². The van der Waals surface area contributed by atoms with Crippen molar-refractivity contribution in [3.63, 3.8) is 0 Å². The Hall–Kier alpha value is -1.58. The maximum absolute atomic E-state index is 12.0. The van der Waals surface area contributed by atoms with Gasteiger partial charge in [0.15, 0.2) is 0 Å². The van der Waals surface area contributed by atoms with Crippen LogP contribution in [0.1, 0.15) is 36.8 Å². The van der Waals surface area contributed by atoms with Crippen molar-refractivity contribution in [2.24, 2.45) is 5.92 Å². The molecular formula is C13H21N3O. The molecular weight excluding hydrogens is 214 g/mol. The number of carbonyl (C=O) groups excluding carboxylic acids is 1. The lowest BCUT2D eigenvalue weighted by Gasteiger charge is -2.17. The summed E-state index contributed by atoms with van der Waals surface area (Å²) >= 11 is 0. The number of anilines is 1. The first-order chi connectivity index (χ1) is 7.93. The van der Waals surface area contributed by atoms with Gasteiger partial charge >= 0.3 is 0 Å². The first-order valence-electron chi connectivity index (χ1n) is 5.91. The molecule has 1 unspecified atom stereocenters. The van der Waals surface area contributed by atoms with Crippen molar-refractivity contribution in [1.82, 2.24) is 10.3 Å². The van der Waals surface area contributed by atoms with Crippen LogP contribution in [0.4, 0.5) is 5.82 Å². The highest BCUT2D eigenvalue weighted by molar-refractivity contribution is 5.95. The number of aromatic nitrogens is 1. The molecule has 94 valence electrons. The molecule has 1 rings (SSSR count). The molecule has 0 spiro atoms. The molecule has 4 heteroatoms. The van der Waals surface area contributed by atoms with Gasteiger partial charge in [0.1, 0.15) is 5.82 Å². The van der Waals surface area contributed by atoms with Crippen molar-refractivity contribution < 1.29 is 4.79 Å². The number of hydrogen-bond acceptors (Lipinski definition) is 3. The molecule has 1 amide bonds. The summed E-state index contributed by atoms with van der Waals surface area (Å²) < 4.78 is 0. The number of pyridine rings is 1. The second kappa shape index (κ2) is 5.66. The summed E-state index contributed by atoms with van der Waals surface area (Å²) in [6, 6.07) is 3.72. The Bertz CT molecular complexity index is 402. The van der Waals surface area contributed by atoms with E-state index in [1.54, 1.807) is 19.2 Å². The molecule has 1 heterocycles. The summed E-state index contributed by atoms with van der Waals surface area (Å²) in [5, 5.41) is 5.93. The molecule has 0 aliphatic rings. The fourth-order valence-corrected chi connectivity index (χ4v) is 1.38. The number of nitrogens with zero attached hydrogens (tertiary/aromatic N) is 1. The monoisotopic (exact) mass is 235 g/mol. The van der Waals surface area contributed by atoms with Crippen LogP contribution >= 0.6 is 0 Å². The van der Waals surface area contributed by atoms with Crippen molar-refractivity contribution in [2.45, 2.75) is 33.7 Å². The molecule has 0 aliphatic carbocycles. The molecule has 0 fully saturated rings. The lowest BCUT2D eigenvalue weighted by Crippen LogP contribution is -2.36. The van der Waals surface area contributed by atoms with Gasteiger partial charge in [0, 0.05) is 24.3 Å². The third-order valence-corrected chi connectivity index (χ3v) is 2.83. The van der Waals surface area contributed by atoms with E-state index in [4.69, 9.17) is 0 Å². The molecule has 0 radical (unpaired) electrons. The Morgan fingerprint density at radius 2 is 1.94 bits per heavy atom. The van der Waals surface area contributed by atoms with Gasteiger partial charge in [-0.15, -0.1) is 0 Å². The van der Waals surface area contributed by atoms with Gasteiger partial charge in [0.2, 0.25) is 0 Å². The van der Waals surface area contributed by atoms with Crippen LogP contribution in [0.5, 0.6) is 0 Å². The zero-order valence-corrected chi connectivity index (χ0v) is 11.2. The highest BCUT2D eigenvalue weighted by Gasteiger charge is 2.13. The van der Waals surface area contributed by atoms with E-state index in [1.807, 2.05) is 13.8 Å². The molecule has 4 nitrogen and oxygen atoms in total. The average Bonchev–Trinajstić information content (AvgIpc) is 2.27. The third-order valence-electron chi connectivity index (χ3n) is 2.83. The smallest absolute Gasteiger partial charge is 0.251 e. The van der Waals surface area contributed by atoms with Crippen LogP contribution in [0.15, 0.2) is 12.1 Å². The van der Waals surface area contributed by atoms with Gasteiger partial charge in [0.05, 0.1) is 0 Å². The van der Waals surface area contributed by atoms with E-state index in [-0.39, 0.29) is 11.9 Å². The van der Waals surface area contributed by atoms with Gasteiger partial charge in [-0.2, -0.15) is 0 Å². The first kappa shape index (κ1) is 13.5. The van der Waals surface area contributed by atoms with Gasteiger partial charge in [-0.1, -0.05) is 13.8 Å². The van der Waals surface area contributed by atoms with Crippen molar-refractivity contribution >= 4 is 11.7 Å². The molecule has 0 saturated carbocycles. The van der Waals surface area contributed by atoms with Crippen LogP contribution in [-0.2, 0) is 0 Å². The number of amides is 1. The highest BCUT2D eigenvalue weighted by Crippen LogP contribution is 2.10. The van der Waals surface area contributed by atoms with Gasteiger partial charge < -0.3 is 10.6 Å². The van der Waals surface area contributed by atoms with Crippen molar-refractivity contribution in [3.05, 3.63) is 23.4 Å². The first-order valence-corrected chi connectivity index (χ1v) is 5.91. The van der Waals surface area contributed by atoms with Crippen LogP contribution in [0.2, 0.25) is 0 Å². The summed E-state index contributed by atoms with van der Waals surface area (Å²) in [7, 11) is 1.79. The fourth-order valence-electron chi connectivity index (χ4n) is 1.38. The topological polar surface area (TPSA) is 54.0 Å². The second-order valence-corrected chi connectivity index (χ2v) is 4.64. The minimum atomic E-state index is -0.0480. The van der Waals surface area contributed by atoms with Crippen molar-refractivity contribution in [1.29, 1.82) is 0 Å². The SMILES string of the molecule is CNc1cc(C(=O)NC(C)C(C)C)cc(C)n1. The largest absolute Gasteiger partial charge is 0.373 e. The van der Waals surface area contributed by atoms with Crippen LogP contribution in [0.3, 0.4) is 0 Å². The van der Waals surface area contributed by atoms with E-state index in [9.17, 15) is 4.79 Å². The predicted octanol–water partition coefficient (Wildman–Crippen LogP) is 2.21. The van der Waals surface area contributed by atoms with Crippen LogP contribution in [0, 0.1) is 12.8 Å². The van der Waals surface area contributed by atoms with Crippen LogP contribution in [0.25, 0.3) is 0 Å². The molecule has 0 saturated heterocycles. The highest BCUT2D eigenvalue weighted by atomic mass is 16.1. The molecule has 0 bridgehead atoms. The third kappa shape index (κ3) is 3.73. The summed E-state index contributed by atoms with van der Waals surface area (Å²) in [4.78, 5) is 16.3.